The van der Waals surface area contributed by atoms with E-state index in [0.717, 1.165) is 0 Å². The van der Waals surface area contributed by atoms with E-state index in [1.165, 1.54) is 7.11 Å². The Morgan fingerprint density at radius 2 is 1.90 bits per heavy atom. The molecule has 1 N–H and O–H groups in total. The topological polar surface area (TPSA) is 64.6 Å². The molecule has 1 aromatic rings. The van der Waals surface area contributed by atoms with E-state index in [1.807, 2.05) is 20.8 Å². The minimum absolute atomic E-state index is 0.202. The quantitative estimate of drug-likeness (QED) is 0.841. The first-order chi connectivity index (χ1) is 9.64. The van der Waals surface area contributed by atoms with Gasteiger partial charge in [0.1, 0.15) is 5.75 Å². The Balaban J connectivity index is 2.79. The lowest BCUT2D eigenvalue weighted by Crippen LogP contribution is -2.46. The smallest absolute Gasteiger partial charge is 0.337 e. The number of hydrogen-bond donors (Lipinski definition) is 1. The number of benzene rings is 1. The highest BCUT2D eigenvalue weighted by atomic mass is 79.9. The Labute approximate surface area is 133 Å². The fourth-order valence-corrected chi connectivity index (χ4v) is 2.03. The zero-order valence-corrected chi connectivity index (χ0v) is 14.4. The standard InChI is InChI=1S/C15H20BrNO4/c1-9(13(18)17-15(2,3)4)21-12-7-6-10(8-11(12)16)14(19)20-5/h6-9H,1-5H3,(H,17,18). The summed E-state index contributed by atoms with van der Waals surface area (Å²) < 4.78 is 10.8. The highest BCUT2D eigenvalue weighted by Crippen LogP contribution is 2.27. The Bertz CT molecular complexity index is 537. The first-order valence-electron chi connectivity index (χ1n) is 6.50. The predicted octanol–water partition coefficient (Wildman–Crippen LogP) is 2.92. The van der Waals surface area contributed by atoms with Gasteiger partial charge in [-0.05, 0) is 61.8 Å². The Kier molecular flexibility index (Phi) is 5.78. The molecule has 0 fully saturated rings. The van der Waals surface area contributed by atoms with Gasteiger partial charge in [-0.15, -0.1) is 0 Å². The minimum atomic E-state index is -0.649. The summed E-state index contributed by atoms with van der Waals surface area (Å²) in [5.74, 6) is -0.147. The fraction of sp³-hybridized carbons (Fsp3) is 0.467. The molecule has 0 saturated carbocycles. The molecule has 6 heteroatoms. The second kappa shape index (κ2) is 6.93. The van der Waals surface area contributed by atoms with Gasteiger partial charge in [-0.1, -0.05) is 0 Å². The van der Waals surface area contributed by atoms with Crippen molar-refractivity contribution in [2.45, 2.75) is 39.3 Å². The van der Waals surface area contributed by atoms with Crippen molar-refractivity contribution in [3.05, 3.63) is 28.2 Å². The van der Waals surface area contributed by atoms with E-state index >= 15 is 0 Å². The average Bonchev–Trinajstić information content (AvgIpc) is 2.38. The molecule has 0 radical (unpaired) electrons. The molecule has 1 unspecified atom stereocenters. The Hall–Kier alpha value is -1.56. The summed E-state index contributed by atoms with van der Waals surface area (Å²) in [5, 5.41) is 2.84. The lowest BCUT2D eigenvalue weighted by atomic mass is 10.1. The van der Waals surface area contributed by atoms with Gasteiger partial charge in [-0.2, -0.15) is 0 Å². The summed E-state index contributed by atoms with van der Waals surface area (Å²) in [4.78, 5) is 23.4. The molecule has 0 spiro atoms. The van der Waals surface area contributed by atoms with Crippen molar-refractivity contribution in [1.82, 2.24) is 5.32 Å². The van der Waals surface area contributed by atoms with Crippen LogP contribution in [0.1, 0.15) is 38.1 Å². The maximum absolute atomic E-state index is 12.0. The summed E-state index contributed by atoms with van der Waals surface area (Å²) in [6, 6.07) is 4.80. The van der Waals surface area contributed by atoms with E-state index in [0.29, 0.717) is 15.8 Å². The maximum Gasteiger partial charge on any atom is 0.337 e. The van der Waals surface area contributed by atoms with Gasteiger partial charge >= 0.3 is 5.97 Å². The minimum Gasteiger partial charge on any atom is -0.480 e. The van der Waals surface area contributed by atoms with Crippen LogP contribution >= 0.6 is 15.9 Å². The second-order valence-corrected chi connectivity index (χ2v) is 6.49. The molecule has 1 rings (SSSR count). The van der Waals surface area contributed by atoms with Gasteiger partial charge in [0.2, 0.25) is 0 Å². The molecule has 0 aliphatic rings. The van der Waals surface area contributed by atoms with Gasteiger partial charge in [0, 0.05) is 5.54 Å². The summed E-state index contributed by atoms with van der Waals surface area (Å²) in [5.41, 5.74) is 0.0873. The van der Waals surface area contributed by atoms with Crippen LogP contribution in [0.15, 0.2) is 22.7 Å². The van der Waals surface area contributed by atoms with E-state index < -0.39 is 12.1 Å². The second-order valence-electron chi connectivity index (χ2n) is 5.64. The van der Waals surface area contributed by atoms with Crippen LogP contribution < -0.4 is 10.1 Å². The van der Waals surface area contributed by atoms with Crippen LogP contribution in [0.3, 0.4) is 0 Å². The number of amides is 1. The normalized spacial score (nSPS) is 12.5. The molecule has 0 heterocycles. The van der Waals surface area contributed by atoms with Crippen molar-refractivity contribution in [2.24, 2.45) is 0 Å². The number of halogens is 1. The zero-order valence-electron chi connectivity index (χ0n) is 12.8. The monoisotopic (exact) mass is 357 g/mol. The number of nitrogens with one attached hydrogen (secondary N) is 1. The molecule has 0 saturated heterocycles. The zero-order chi connectivity index (χ0) is 16.2. The van der Waals surface area contributed by atoms with Crippen LogP contribution in [0.5, 0.6) is 5.75 Å². The van der Waals surface area contributed by atoms with Gasteiger partial charge in [-0.3, -0.25) is 4.79 Å². The summed E-state index contributed by atoms with van der Waals surface area (Å²) >= 11 is 3.32. The van der Waals surface area contributed by atoms with Gasteiger partial charge in [0.15, 0.2) is 6.10 Å². The lowest BCUT2D eigenvalue weighted by Gasteiger charge is -2.24. The summed E-state index contributed by atoms with van der Waals surface area (Å²) in [6.45, 7) is 7.37. The fourth-order valence-electron chi connectivity index (χ4n) is 1.56. The average molecular weight is 358 g/mol. The Morgan fingerprint density at radius 3 is 2.38 bits per heavy atom. The van der Waals surface area contributed by atoms with E-state index in [-0.39, 0.29) is 11.4 Å². The third-order valence-corrected chi connectivity index (χ3v) is 3.14. The van der Waals surface area contributed by atoms with Crippen molar-refractivity contribution in [1.29, 1.82) is 0 Å². The predicted molar refractivity (Wildman–Crippen MR) is 83.5 cm³/mol. The molecule has 21 heavy (non-hydrogen) atoms. The largest absolute Gasteiger partial charge is 0.480 e. The number of esters is 1. The first kappa shape index (κ1) is 17.5. The van der Waals surface area contributed by atoms with E-state index in [4.69, 9.17) is 4.74 Å². The van der Waals surface area contributed by atoms with Crippen molar-refractivity contribution < 1.29 is 19.1 Å². The van der Waals surface area contributed by atoms with Crippen LogP contribution in [0.4, 0.5) is 0 Å². The van der Waals surface area contributed by atoms with Crippen LogP contribution in [-0.4, -0.2) is 30.6 Å². The van der Waals surface area contributed by atoms with E-state index in [1.54, 1.807) is 25.1 Å². The molecule has 5 nitrogen and oxygen atoms in total. The number of hydrogen-bond acceptors (Lipinski definition) is 4. The Morgan fingerprint density at radius 1 is 1.29 bits per heavy atom. The van der Waals surface area contributed by atoms with Crippen molar-refractivity contribution in [3.8, 4) is 5.75 Å². The molecule has 0 bridgehead atoms. The number of rotatable bonds is 4. The third-order valence-electron chi connectivity index (χ3n) is 2.52. The summed E-state index contributed by atoms with van der Waals surface area (Å²) in [6.07, 6.45) is -0.649. The van der Waals surface area contributed by atoms with Crippen LogP contribution in [0.25, 0.3) is 0 Å². The highest BCUT2D eigenvalue weighted by Gasteiger charge is 2.21. The van der Waals surface area contributed by atoms with Crippen LogP contribution in [-0.2, 0) is 9.53 Å². The van der Waals surface area contributed by atoms with E-state index in [9.17, 15) is 9.59 Å². The first-order valence-corrected chi connectivity index (χ1v) is 7.30. The summed E-state index contributed by atoms with van der Waals surface area (Å²) in [7, 11) is 1.32. The molecular formula is C15H20BrNO4. The lowest BCUT2D eigenvalue weighted by molar-refractivity contribution is -0.128. The molecule has 0 aliphatic heterocycles. The van der Waals surface area contributed by atoms with E-state index in [2.05, 4.69) is 26.0 Å². The molecule has 1 aromatic carbocycles. The van der Waals surface area contributed by atoms with Gasteiger partial charge < -0.3 is 14.8 Å². The molecule has 1 atom stereocenters. The molecule has 0 aromatic heterocycles. The van der Waals surface area contributed by atoms with Gasteiger partial charge in [0.05, 0.1) is 17.1 Å². The van der Waals surface area contributed by atoms with Crippen molar-refractivity contribution in [3.63, 3.8) is 0 Å². The number of methoxy groups -OCH3 is 1. The highest BCUT2D eigenvalue weighted by molar-refractivity contribution is 9.10. The third kappa shape index (κ3) is 5.38. The molecule has 0 aliphatic carbocycles. The maximum atomic E-state index is 12.0. The van der Waals surface area contributed by atoms with Crippen LogP contribution in [0, 0.1) is 0 Å². The van der Waals surface area contributed by atoms with Gasteiger partial charge in [-0.25, -0.2) is 4.79 Å². The number of ether oxygens (including phenoxy) is 2. The molecule has 116 valence electrons. The SMILES string of the molecule is COC(=O)c1ccc(OC(C)C(=O)NC(C)(C)C)c(Br)c1. The number of carbonyl (C=O) groups excluding carboxylic acids is 2. The number of carbonyl (C=O) groups is 2. The molecular weight excluding hydrogens is 338 g/mol. The van der Waals surface area contributed by atoms with Crippen LogP contribution in [0.2, 0.25) is 0 Å². The van der Waals surface area contributed by atoms with Gasteiger partial charge in [0.25, 0.3) is 5.91 Å². The van der Waals surface area contributed by atoms with Crippen molar-refractivity contribution >= 4 is 27.8 Å². The van der Waals surface area contributed by atoms with Crippen molar-refractivity contribution in [2.75, 3.05) is 7.11 Å². The molecule has 1 amide bonds.